The second-order valence-corrected chi connectivity index (χ2v) is 6.12. The van der Waals surface area contributed by atoms with Crippen LogP contribution in [0.4, 0.5) is 0 Å². The predicted octanol–water partition coefficient (Wildman–Crippen LogP) is 2.99. The van der Waals surface area contributed by atoms with Crippen molar-refractivity contribution in [2.24, 2.45) is 5.92 Å². The van der Waals surface area contributed by atoms with Crippen molar-refractivity contribution >= 4 is 12.3 Å². The van der Waals surface area contributed by atoms with Crippen molar-refractivity contribution in [1.82, 2.24) is 4.90 Å². The summed E-state index contributed by atoms with van der Waals surface area (Å²) >= 11 is 0. The maximum absolute atomic E-state index is 12.6. The molecule has 1 heterocycles. The quantitative estimate of drug-likeness (QED) is 0.767. The largest absolute Gasteiger partial charge is 0.459 e. The van der Waals surface area contributed by atoms with Crippen molar-refractivity contribution in [1.29, 1.82) is 0 Å². The minimum Gasteiger partial charge on any atom is -0.459 e. The average molecular weight is 323 g/mol. The summed E-state index contributed by atoms with van der Waals surface area (Å²) in [5, 5.41) is 0. The Labute approximate surface area is 142 Å². The molecule has 4 heteroatoms. The number of ketones is 1. The molecule has 0 bridgehead atoms. The fourth-order valence-corrected chi connectivity index (χ4v) is 3.30. The Morgan fingerprint density at radius 3 is 2.38 bits per heavy atom. The highest BCUT2D eigenvalue weighted by Crippen LogP contribution is 2.31. The minimum atomic E-state index is -0.491. The third-order valence-electron chi connectivity index (χ3n) is 4.49. The van der Waals surface area contributed by atoms with Crippen molar-refractivity contribution in [3.63, 3.8) is 0 Å². The van der Waals surface area contributed by atoms with Gasteiger partial charge in [-0.25, -0.2) is 0 Å². The van der Waals surface area contributed by atoms with E-state index in [0.717, 1.165) is 18.7 Å². The molecule has 0 radical (unpaired) electrons. The van der Waals surface area contributed by atoms with Gasteiger partial charge in [0.15, 0.2) is 5.78 Å². The number of carbonyl (C=O) groups excluding carboxylic acids is 2. The topological polar surface area (TPSA) is 46.6 Å². The standard InChI is InChI=1S/C20H21NO3/c22-15-24-20(17-9-5-2-6-10-17)18-11-12-21(14-19(18)23)13-16-7-3-1-4-8-16/h1-10,15,18,20H,11-14H2. The summed E-state index contributed by atoms with van der Waals surface area (Å²) in [6.07, 6.45) is 0.203. The number of nitrogens with zero attached hydrogens (tertiary/aromatic N) is 1. The van der Waals surface area contributed by atoms with E-state index in [2.05, 4.69) is 17.0 Å². The molecule has 0 aromatic heterocycles. The van der Waals surface area contributed by atoms with Gasteiger partial charge in [0.05, 0.1) is 12.5 Å². The van der Waals surface area contributed by atoms with Gasteiger partial charge in [0, 0.05) is 6.54 Å². The van der Waals surface area contributed by atoms with E-state index in [1.54, 1.807) is 0 Å². The van der Waals surface area contributed by atoms with Crippen molar-refractivity contribution in [3.05, 3.63) is 71.8 Å². The highest BCUT2D eigenvalue weighted by atomic mass is 16.5. The fraction of sp³-hybridized carbons (Fsp3) is 0.300. The molecule has 24 heavy (non-hydrogen) atoms. The third-order valence-corrected chi connectivity index (χ3v) is 4.49. The van der Waals surface area contributed by atoms with Crippen LogP contribution in [-0.2, 0) is 20.9 Å². The maximum atomic E-state index is 12.6. The molecule has 0 aliphatic carbocycles. The van der Waals surface area contributed by atoms with E-state index in [0.29, 0.717) is 19.4 Å². The zero-order valence-electron chi connectivity index (χ0n) is 13.5. The molecule has 0 amide bonds. The smallest absolute Gasteiger partial charge is 0.293 e. The summed E-state index contributed by atoms with van der Waals surface area (Å²) in [4.78, 5) is 25.7. The number of piperidine rings is 1. The molecule has 0 saturated carbocycles. The number of rotatable bonds is 6. The molecular weight excluding hydrogens is 302 g/mol. The lowest BCUT2D eigenvalue weighted by molar-refractivity contribution is -0.143. The molecule has 0 spiro atoms. The van der Waals surface area contributed by atoms with E-state index >= 15 is 0 Å². The Kier molecular flexibility index (Phi) is 5.39. The van der Waals surface area contributed by atoms with E-state index < -0.39 is 6.10 Å². The van der Waals surface area contributed by atoms with Gasteiger partial charge in [0.2, 0.25) is 0 Å². The molecule has 3 rings (SSSR count). The van der Waals surface area contributed by atoms with Gasteiger partial charge in [-0.2, -0.15) is 0 Å². The summed E-state index contributed by atoms with van der Waals surface area (Å²) in [7, 11) is 0. The number of benzene rings is 2. The van der Waals surface area contributed by atoms with Crippen molar-refractivity contribution in [2.75, 3.05) is 13.1 Å². The molecule has 1 aliphatic heterocycles. The van der Waals surface area contributed by atoms with Gasteiger partial charge in [-0.3, -0.25) is 14.5 Å². The van der Waals surface area contributed by atoms with Crippen LogP contribution in [0, 0.1) is 5.92 Å². The van der Waals surface area contributed by atoms with Gasteiger partial charge < -0.3 is 4.74 Å². The van der Waals surface area contributed by atoms with Crippen LogP contribution in [-0.4, -0.2) is 30.2 Å². The number of carbonyl (C=O) groups is 2. The normalized spacial score (nSPS) is 19.7. The summed E-state index contributed by atoms with van der Waals surface area (Å²) < 4.78 is 5.27. The molecule has 2 unspecified atom stereocenters. The van der Waals surface area contributed by atoms with Crippen LogP contribution in [0.1, 0.15) is 23.7 Å². The van der Waals surface area contributed by atoms with E-state index in [4.69, 9.17) is 4.74 Å². The van der Waals surface area contributed by atoms with Gasteiger partial charge in [-0.1, -0.05) is 60.7 Å². The highest BCUT2D eigenvalue weighted by molar-refractivity contribution is 5.84. The molecule has 4 nitrogen and oxygen atoms in total. The minimum absolute atomic E-state index is 0.132. The van der Waals surface area contributed by atoms with E-state index in [9.17, 15) is 9.59 Å². The zero-order valence-corrected chi connectivity index (χ0v) is 13.5. The molecule has 2 aromatic carbocycles. The highest BCUT2D eigenvalue weighted by Gasteiger charge is 2.35. The lowest BCUT2D eigenvalue weighted by Crippen LogP contribution is -2.42. The van der Waals surface area contributed by atoms with Crippen LogP contribution in [0.15, 0.2) is 60.7 Å². The zero-order chi connectivity index (χ0) is 16.8. The summed E-state index contributed by atoms with van der Waals surface area (Å²) in [5.41, 5.74) is 2.08. The Morgan fingerprint density at radius 1 is 1.08 bits per heavy atom. The average Bonchev–Trinajstić information content (AvgIpc) is 2.62. The molecule has 1 saturated heterocycles. The SMILES string of the molecule is O=COC(c1ccccc1)C1CCN(Cc2ccccc2)CC1=O. The number of hydrogen-bond donors (Lipinski definition) is 0. The lowest BCUT2D eigenvalue weighted by Gasteiger charge is -2.34. The van der Waals surface area contributed by atoms with Crippen LogP contribution in [0.2, 0.25) is 0 Å². The van der Waals surface area contributed by atoms with E-state index in [-0.39, 0.29) is 11.7 Å². The second kappa shape index (κ2) is 7.88. The van der Waals surface area contributed by atoms with Gasteiger partial charge >= 0.3 is 0 Å². The number of hydrogen-bond acceptors (Lipinski definition) is 4. The van der Waals surface area contributed by atoms with Gasteiger partial charge in [-0.15, -0.1) is 0 Å². The first-order valence-corrected chi connectivity index (χ1v) is 8.21. The Hall–Kier alpha value is -2.46. The number of likely N-dealkylation sites (tertiary alicyclic amines) is 1. The Bertz CT molecular complexity index is 672. The van der Waals surface area contributed by atoms with Crippen LogP contribution in [0.25, 0.3) is 0 Å². The third kappa shape index (κ3) is 3.89. The van der Waals surface area contributed by atoms with Crippen LogP contribution >= 0.6 is 0 Å². The van der Waals surface area contributed by atoms with Crippen LogP contribution in [0.3, 0.4) is 0 Å². The molecule has 0 N–H and O–H groups in total. The van der Waals surface area contributed by atoms with E-state index in [1.807, 2.05) is 48.5 Å². The van der Waals surface area contributed by atoms with Gasteiger partial charge in [-0.05, 0) is 24.1 Å². The first kappa shape index (κ1) is 16.4. The molecular formula is C20H21NO3. The number of ether oxygens (including phenoxy) is 1. The van der Waals surface area contributed by atoms with Gasteiger partial charge in [0.1, 0.15) is 6.10 Å². The van der Waals surface area contributed by atoms with Gasteiger partial charge in [0.25, 0.3) is 6.47 Å². The summed E-state index contributed by atoms with van der Waals surface area (Å²) in [5.74, 6) is -0.141. The predicted molar refractivity (Wildman–Crippen MR) is 91.2 cm³/mol. The Balaban J connectivity index is 1.68. The maximum Gasteiger partial charge on any atom is 0.293 e. The molecule has 124 valence electrons. The van der Waals surface area contributed by atoms with Crippen molar-refractivity contribution in [3.8, 4) is 0 Å². The monoisotopic (exact) mass is 323 g/mol. The molecule has 1 aliphatic rings. The summed E-state index contributed by atoms with van der Waals surface area (Å²) in [6, 6.07) is 19.6. The second-order valence-electron chi connectivity index (χ2n) is 6.12. The van der Waals surface area contributed by atoms with Crippen LogP contribution in [0.5, 0.6) is 0 Å². The molecule has 1 fully saturated rings. The summed E-state index contributed by atoms with van der Waals surface area (Å²) in [6.45, 7) is 2.42. The van der Waals surface area contributed by atoms with E-state index in [1.165, 1.54) is 5.56 Å². The Morgan fingerprint density at radius 2 is 1.75 bits per heavy atom. The number of Topliss-reactive ketones (excluding diaryl/α,β-unsaturated/α-hetero) is 1. The molecule has 2 aromatic rings. The van der Waals surface area contributed by atoms with Crippen molar-refractivity contribution < 1.29 is 14.3 Å². The molecule has 2 atom stereocenters. The first-order valence-electron chi connectivity index (χ1n) is 8.21. The van der Waals surface area contributed by atoms with Crippen molar-refractivity contribution in [2.45, 2.75) is 19.1 Å². The first-order chi connectivity index (χ1) is 11.8. The fourth-order valence-electron chi connectivity index (χ4n) is 3.30. The lowest BCUT2D eigenvalue weighted by atomic mass is 9.86. The van der Waals surface area contributed by atoms with Crippen LogP contribution < -0.4 is 0 Å².